The zero-order valence-corrected chi connectivity index (χ0v) is 13.3. The molecule has 0 spiro atoms. The average Bonchev–Trinajstić information content (AvgIpc) is 2.66. The SMILES string of the molecule is O=C(CNC(=O)c1cccc2ccccc12)N/N=C/c1ccccn1. The van der Waals surface area contributed by atoms with E-state index in [9.17, 15) is 9.59 Å². The lowest BCUT2D eigenvalue weighted by Crippen LogP contribution is -2.35. The normalized spacial score (nSPS) is 10.7. The molecule has 2 amide bonds. The summed E-state index contributed by atoms with van der Waals surface area (Å²) in [7, 11) is 0. The molecule has 25 heavy (non-hydrogen) atoms. The van der Waals surface area contributed by atoms with Gasteiger partial charge in [-0.2, -0.15) is 5.10 Å². The molecule has 124 valence electrons. The molecule has 0 aliphatic carbocycles. The van der Waals surface area contributed by atoms with Crippen LogP contribution in [0.2, 0.25) is 0 Å². The van der Waals surface area contributed by atoms with Crippen LogP contribution in [0.15, 0.2) is 72.0 Å². The third kappa shape index (κ3) is 4.26. The molecule has 0 aliphatic rings. The Balaban J connectivity index is 1.56. The van der Waals surface area contributed by atoms with Gasteiger partial charge in [0.1, 0.15) is 0 Å². The Kier molecular flexibility index (Phi) is 5.11. The number of benzene rings is 2. The number of hydrogen-bond donors (Lipinski definition) is 2. The van der Waals surface area contributed by atoms with Crippen molar-refractivity contribution in [1.29, 1.82) is 0 Å². The van der Waals surface area contributed by atoms with E-state index in [4.69, 9.17) is 0 Å². The first-order chi connectivity index (χ1) is 12.2. The van der Waals surface area contributed by atoms with Gasteiger partial charge in [-0.15, -0.1) is 0 Å². The number of aromatic nitrogens is 1. The second kappa shape index (κ2) is 7.83. The first kappa shape index (κ1) is 16.3. The van der Waals surface area contributed by atoms with Gasteiger partial charge in [-0.1, -0.05) is 42.5 Å². The molecule has 0 saturated carbocycles. The Morgan fingerprint density at radius 3 is 2.64 bits per heavy atom. The van der Waals surface area contributed by atoms with Gasteiger partial charge in [0.25, 0.3) is 11.8 Å². The maximum absolute atomic E-state index is 12.3. The monoisotopic (exact) mass is 332 g/mol. The number of carbonyl (C=O) groups excluding carboxylic acids is 2. The molecule has 3 aromatic rings. The Bertz CT molecular complexity index is 918. The summed E-state index contributed by atoms with van der Waals surface area (Å²) in [6, 6.07) is 18.5. The summed E-state index contributed by atoms with van der Waals surface area (Å²) in [4.78, 5) is 28.1. The Labute approximate surface area is 144 Å². The fraction of sp³-hybridized carbons (Fsp3) is 0.0526. The topological polar surface area (TPSA) is 83.5 Å². The van der Waals surface area contributed by atoms with Gasteiger partial charge in [0.2, 0.25) is 0 Å². The van der Waals surface area contributed by atoms with Crippen molar-refractivity contribution in [3.8, 4) is 0 Å². The summed E-state index contributed by atoms with van der Waals surface area (Å²) in [6.45, 7) is -0.165. The third-order valence-electron chi connectivity index (χ3n) is 3.52. The Morgan fingerprint density at radius 1 is 1.00 bits per heavy atom. The third-order valence-corrected chi connectivity index (χ3v) is 3.52. The number of fused-ring (bicyclic) bond motifs is 1. The number of nitrogens with zero attached hydrogens (tertiary/aromatic N) is 2. The highest BCUT2D eigenvalue weighted by Gasteiger charge is 2.10. The smallest absolute Gasteiger partial charge is 0.259 e. The molecule has 2 aromatic carbocycles. The van der Waals surface area contributed by atoms with Crippen LogP contribution in [-0.4, -0.2) is 29.6 Å². The number of hydrazone groups is 1. The van der Waals surface area contributed by atoms with E-state index >= 15 is 0 Å². The summed E-state index contributed by atoms with van der Waals surface area (Å²) < 4.78 is 0. The van der Waals surface area contributed by atoms with Crippen LogP contribution in [0.3, 0.4) is 0 Å². The number of carbonyl (C=O) groups is 2. The molecule has 0 radical (unpaired) electrons. The molecule has 6 nitrogen and oxygen atoms in total. The van der Waals surface area contributed by atoms with Crippen molar-refractivity contribution < 1.29 is 9.59 Å². The largest absolute Gasteiger partial charge is 0.343 e. The number of rotatable bonds is 5. The van der Waals surface area contributed by atoms with Crippen LogP contribution >= 0.6 is 0 Å². The predicted octanol–water partition coefficient (Wildman–Crippen LogP) is 2.11. The molecule has 0 aliphatic heterocycles. The van der Waals surface area contributed by atoms with E-state index in [1.807, 2.05) is 42.5 Å². The van der Waals surface area contributed by atoms with Crippen molar-refractivity contribution in [2.75, 3.05) is 6.54 Å². The molecule has 1 heterocycles. The minimum Gasteiger partial charge on any atom is -0.343 e. The summed E-state index contributed by atoms with van der Waals surface area (Å²) >= 11 is 0. The summed E-state index contributed by atoms with van der Waals surface area (Å²) in [5.74, 6) is -0.721. The van der Waals surface area contributed by atoms with Crippen LogP contribution in [-0.2, 0) is 4.79 Å². The molecule has 0 atom stereocenters. The highest BCUT2D eigenvalue weighted by Crippen LogP contribution is 2.18. The van der Waals surface area contributed by atoms with Crippen molar-refractivity contribution in [3.63, 3.8) is 0 Å². The number of amides is 2. The van der Waals surface area contributed by atoms with E-state index in [1.54, 1.807) is 24.4 Å². The van der Waals surface area contributed by atoms with E-state index in [0.29, 0.717) is 11.3 Å². The zero-order valence-electron chi connectivity index (χ0n) is 13.3. The Morgan fingerprint density at radius 2 is 1.80 bits per heavy atom. The molecule has 0 fully saturated rings. The van der Waals surface area contributed by atoms with Gasteiger partial charge in [-0.3, -0.25) is 14.6 Å². The lowest BCUT2D eigenvalue weighted by atomic mass is 10.0. The molecule has 0 saturated heterocycles. The molecule has 2 N–H and O–H groups in total. The fourth-order valence-electron chi connectivity index (χ4n) is 2.34. The van der Waals surface area contributed by atoms with Crippen LogP contribution in [0, 0.1) is 0 Å². The first-order valence-corrected chi connectivity index (χ1v) is 7.73. The lowest BCUT2D eigenvalue weighted by molar-refractivity contribution is -0.120. The maximum Gasteiger partial charge on any atom is 0.259 e. The quantitative estimate of drug-likeness (QED) is 0.554. The summed E-state index contributed by atoms with van der Waals surface area (Å²) in [6.07, 6.45) is 3.07. The van der Waals surface area contributed by atoms with E-state index in [-0.39, 0.29) is 12.5 Å². The zero-order chi connectivity index (χ0) is 17.5. The Hall–Kier alpha value is -3.54. The molecular weight excluding hydrogens is 316 g/mol. The van der Waals surface area contributed by atoms with Crippen molar-refractivity contribution in [2.24, 2.45) is 5.10 Å². The second-order valence-electron chi connectivity index (χ2n) is 5.26. The maximum atomic E-state index is 12.3. The van der Waals surface area contributed by atoms with Crippen molar-refractivity contribution in [2.45, 2.75) is 0 Å². The predicted molar refractivity (Wildman–Crippen MR) is 96.3 cm³/mol. The van der Waals surface area contributed by atoms with Gasteiger partial charge in [-0.05, 0) is 29.0 Å². The van der Waals surface area contributed by atoms with Gasteiger partial charge in [0, 0.05) is 11.8 Å². The standard InChI is InChI=1S/C19H16N4O2/c24-18(23-22-12-15-8-3-4-11-20-15)13-21-19(25)17-10-5-7-14-6-1-2-9-16(14)17/h1-12H,13H2,(H,21,25)(H,23,24)/b22-12+. The van der Waals surface area contributed by atoms with Crippen LogP contribution in [0.4, 0.5) is 0 Å². The second-order valence-corrected chi connectivity index (χ2v) is 5.26. The van der Waals surface area contributed by atoms with Crippen LogP contribution in [0.1, 0.15) is 16.1 Å². The molecule has 6 heteroatoms. The minimum atomic E-state index is -0.416. The van der Waals surface area contributed by atoms with E-state index < -0.39 is 5.91 Å². The number of hydrogen-bond acceptors (Lipinski definition) is 4. The van der Waals surface area contributed by atoms with Crippen LogP contribution in [0.5, 0.6) is 0 Å². The van der Waals surface area contributed by atoms with Crippen molar-refractivity contribution in [1.82, 2.24) is 15.7 Å². The number of pyridine rings is 1. The van der Waals surface area contributed by atoms with E-state index in [1.165, 1.54) is 6.21 Å². The highest BCUT2D eigenvalue weighted by molar-refractivity contribution is 6.07. The first-order valence-electron chi connectivity index (χ1n) is 7.73. The molecule has 0 bridgehead atoms. The average molecular weight is 332 g/mol. The molecular formula is C19H16N4O2. The van der Waals surface area contributed by atoms with Crippen molar-refractivity contribution >= 4 is 28.8 Å². The van der Waals surface area contributed by atoms with Gasteiger partial charge in [0.05, 0.1) is 18.5 Å². The number of nitrogens with one attached hydrogen (secondary N) is 2. The van der Waals surface area contributed by atoms with Crippen LogP contribution < -0.4 is 10.7 Å². The molecule has 3 rings (SSSR count). The highest BCUT2D eigenvalue weighted by atomic mass is 16.2. The summed E-state index contributed by atoms with van der Waals surface area (Å²) in [5.41, 5.74) is 3.51. The van der Waals surface area contributed by atoms with Gasteiger partial charge < -0.3 is 5.32 Å². The van der Waals surface area contributed by atoms with Crippen molar-refractivity contribution in [3.05, 3.63) is 78.1 Å². The van der Waals surface area contributed by atoms with Gasteiger partial charge >= 0.3 is 0 Å². The fourth-order valence-corrected chi connectivity index (χ4v) is 2.34. The van der Waals surface area contributed by atoms with Gasteiger partial charge in [0.15, 0.2) is 0 Å². The molecule has 0 unspecified atom stereocenters. The lowest BCUT2D eigenvalue weighted by Gasteiger charge is -2.07. The summed E-state index contributed by atoms with van der Waals surface area (Å²) in [5, 5.41) is 8.22. The van der Waals surface area contributed by atoms with Crippen LogP contribution in [0.25, 0.3) is 10.8 Å². The minimum absolute atomic E-state index is 0.165. The van der Waals surface area contributed by atoms with Gasteiger partial charge in [-0.25, -0.2) is 5.43 Å². The molecule has 1 aromatic heterocycles. The van der Waals surface area contributed by atoms with E-state index in [0.717, 1.165) is 10.8 Å². The van der Waals surface area contributed by atoms with E-state index in [2.05, 4.69) is 20.8 Å².